The maximum absolute atomic E-state index is 10.7. The topological polar surface area (TPSA) is 88.9 Å². The van der Waals surface area contributed by atoms with Gasteiger partial charge in [0.25, 0.3) is 0 Å². The Morgan fingerprint density at radius 1 is 1.18 bits per heavy atom. The number of nitriles is 1. The molecule has 1 unspecified atom stereocenters. The number of carbonyl (C=O) groups excluding carboxylic acids is 2. The van der Waals surface area contributed by atoms with Crippen LogP contribution in [0.1, 0.15) is 20.8 Å². The van der Waals surface area contributed by atoms with Crippen LogP contribution < -0.4 is 0 Å². The quantitative estimate of drug-likeness (QED) is 0.343. The lowest BCUT2D eigenvalue weighted by molar-refractivity contribution is -0.139. The number of carbonyl (C=O) groups is 2. The van der Waals surface area contributed by atoms with E-state index in [4.69, 9.17) is 14.7 Å². The molecular formula is C16H23NO5. The van der Waals surface area contributed by atoms with Crippen molar-refractivity contribution in [3.63, 3.8) is 0 Å². The molecule has 1 fully saturated rings. The van der Waals surface area contributed by atoms with Crippen LogP contribution >= 0.6 is 0 Å². The Kier molecular flexibility index (Phi) is 12.3. The highest BCUT2D eigenvalue weighted by molar-refractivity contribution is 5.87. The van der Waals surface area contributed by atoms with Crippen LogP contribution in [0.25, 0.3) is 0 Å². The molecule has 0 aromatic heterocycles. The van der Waals surface area contributed by atoms with Crippen molar-refractivity contribution in [3.05, 3.63) is 36.5 Å². The first-order valence-corrected chi connectivity index (χ1v) is 6.39. The highest BCUT2D eigenvalue weighted by atomic mass is 16.6. The molecule has 0 N–H and O–H groups in total. The Morgan fingerprint density at radius 2 is 1.59 bits per heavy atom. The number of hydrogen-bond donors (Lipinski definition) is 0. The Balaban J connectivity index is 0. The van der Waals surface area contributed by atoms with Gasteiger partial charge in [0.05, 0.1) is 19.8 Å². The molecule has 0 amide bonds. The lowest BCUT2D eigenvalue weighted by atomic mass is 10.4. The first-order chi connectivity index (χ1) is 10.1. The summed E-state index contributed by atoms with van der Waals surface area (Å²) in [6.45, 7) is 16.1. The van der Waals surface area contributed by atoms with Crippen molar-refractivity contribution < 1.29 is 23.8 Å². The summed E-state index contributed by atoms with van der Waals surface area (Å²) < 4.78 is 13.9. The predicted molar refractivity (Wildman–Crippen MR) is 82.8 cm³/mol. The molecule has 6 nitrogen and oxygen atoms in total. The molecule has 1 rings (SSSR count). The van der Waals surface area contributed by atoms with Crippen LogP contribution in [0.3, 0.4) is 0 Å². The number of nitrogens with zero attached hydrogens (tertiary/aromatic N) is 1. The zero-order chi connectivity index (χ0) is 17.7. The van der Waals surface area contributed by atoms with Crippen molar-refractivity contribution >= 4 is 11.9 Å². The zero-order valence-electron chi connectivity index (χ0n) is 13.6. The fourth-order valence-corrected chi connectivity index (χ4v) is 0.630. The Hall–Kier alpha value is -2.39. The summed E-state index contributed by atoms with van der Waals surface area (Å²) >= 11 is 0. The lowest BCUT2D eigenvalue weighted by Gasteiger charge is -1.99. The summed E-state index contributed by atoms with van der Waals surface area (Å²) in [5, 5.41) is 7.79. The number of epoxide rings is 1. The highest BCUT2D eigenvalue weighted by Crippen LogP contribution is 2.09. The van der Waals surface area contributed by atoms with Crippen molar-refractivity contribution in [2.45, 2.75) is 26.9 Å². The summed E-state index contributed by atoms with van der Waals surface area (Å²) in [7, 11) is 1.33. The normalized spacial score (nSPS) is 13.7. The average Bonchev–Trinajstić information content (AvgIpc) is 3.28. The van der Waals surface area contributed by atoms with Crippen molar-refractivity contribution in [3.8, 4) is 6.07 Å². The molecule has 1 saturated heterocycles. The van der Waals surface area contributed by atoms with Crippen molar-refractivity contribution in [1.29, 1.82) is 5.26 Å². The number of hydrogen-bond acceptors (Lipinski definition) is 6. The van der Waals surface area contributed by atoms with Gasteiger partial charge in [-0.15, -0.1) is 0 Å². The van der Waals surface area contributed by atoms with Crippen LogP contribution in [0.4, 0.5) is 0 Å². The first-order valence-electron chi connectivity index (χ1n) is 6.39. The third kappa shape index (κ3) is 15.7. The molecule has 1 heterocycles. The van der Waals surface area contributed by atoms with E-state index in [9.17, 15) is 9.59 Å². The summed E-state index contributed by atoms with van der Waals surface area (Å²) in [6.07, 6.45) is 0.142. The Morgan fingerprint density at radius 3 is 1.77 bits per heavy atom. The molecule has 0 aliphatic carbocycles. The van der Waals surface area contributed by atoms with Crippen LogP contribution in [-0.4, -0.2) is 38.4 Å². The van der Waals surface area contributed by atoms with Crippen molar-refractivity contribution in [2.24, 2.45) is 0 Å². The monoisotopic (exact) mass is 309 g/mol. The van der Waals surface area contributed by atoms with Gasteiger partial charge < -0.3 is 14.2 Å². The molecule has 0 aromatic rings. The summed E-state index contributed by atoms with van der Waals surface area (Å²) in [6, 6.07) is 1.83. The van der Waals surface area contributed by atoms with E-state index in [0.29, 0.717) is 29.9 Å². The second kappa shape index (κ2) is 12.4. The third-order valence-corrected chi connectivity index (χ3v) is 1.88. The van der Waals surface area contributed by atoms with E-state index in [2.05, 4.69) is 24.5 Å². The van der Waals surface area contributed by atoms with Gasteiger partial charge in [-0.3, -0.25) is 0 Å². The molecular weight excluding hydrogens is 286 g/mol. The zero-order valence-corrected chi connectivity index (χ0v) is 13.6. The SMILES string of the molecule is C=C(C)C#N.C=C(C)C(=O)OC.C=C(C)C(=O)OCC1CO1. The molecule has 0 radical (unpaired) electrons. The molecule has 0 saturated carbocycles. The third-order valence-electron chi connectivity index (χ3n) is 1.88. The smallest absolute Gasteiger partial charge is 0.333 e. The van der Waals surface area contributed by atoms with Crippen LogP contribution in [-0.2, 0) is 23.8 Å². The van der Waals surface area contributed by atoms with Gasteiger partial charge in [-0.25, -0.2) is 9.59 Å². The minimum absolute atomic E-state index is 0.142. The number of allylic oxidation sites excluding steroid dienone is 1. The summed E-state index contributed by atoms with van der Waals surface area (Å²) in [5.74, 6) is -0.685. The Bertz CT molecular complexity index is 469. The first kappa shape index (κ1) is 21.9. The van der Waals surface area contributed by atoms with Gasteiger partial charge in [0.15, 0.2) is 0 Å². The van der Waals surface area contributed by atoms with Crippen LogP contribution in [0.15, 0.2) is 36.5 Å². The second-order valence-electron chi connectivity index (χ2n) is 4.50. The molecule has 0 aromatic carbocycles. The molecule has 1 atom stereocenters. The number of rotatable bonds is 4. The van der Waals surface area contributed by atoms with Crippen molar-refractivity contribution in [1.82, 2.24) is 0 Å². The van der Waals surface area contributed by atoms with E-state index in [1.807, 2.05) is 6.07 Å². The van der Waals surface area contributed by atoms with Gasteiger partial charge in [0.1, 0.15) is 12.7 Å². The van der Waals surface area contributed by atoms with Crippen molar-refractivity contribution in [2.75, 3.05) is 20.3 Å². The predicted octanol–water partition coefficient (Wildman–Crippen LogP) is 2.33. The van der Waals surface area contributed by atoms with E-state index in [1.54, 1.807) is 20.8 Å². The molecule has 22 heavy (non-hydrogen) atoms. The summed E-state index contributed by atoms with van der Waals surface area (Å²) in [4.78, 5) is 20.9. The van der Waals surface area contributed by atoms with E-state index in [1.165, 1.54) is 7.11 Å². The molecule has 0 bridgehead atoms. The van der Waals surface area contributed by atoms with E-state index in [0.717, 1.165) is 0 Å². The van der Waals surface area contributed by atoms with E-state index < -0.39 is 0 Å². The van der Waals surface area contributed by atoms with Crippen LogP contribution in [0.5, 0.6) is 0 Å². The molecule has 0 spiro atoms. The van der Waals surface area contributed by atoms with Crippen LogP contribution in [0, 0.1) is 11.3 Å². The maximum Gasteiger partial charge on any atom is 0.333 e. The number of ether oxygens (including phenoxy) is 3. The minimum Gasteiger partial charge on any atom is -0.466 e. The largest absolute Gasteiger partial charge is 0.466 e. The second-order valence-corrected chi connectivity index (χ2v) is 4.50. The number of esters is 2. The van der Waals surface area contributed by atoms with Gasteiger partial charge in [-0.05, 0) is 20.8 Å². The van der Waals surface area contributed by atoms with Gasteiger partial charge in [0, 0.05) is 16.7 Å². The minimum atomic E-state index is -0.347. The fourth-order valence-electron chi connectivity index (χ4n) is 0.630. The standard InChI is InChI=1S/C7H10O3.C5H8O2.C4H5N/c1-5(2)7(8)10-4-6-3-9-6;1-4(2)5(6)7-3;1-4(2)3-5/h6H,1,3-4H2,2H3;1H2,2-3H3;1H2,2H3. The summed E-state index contributed by atoms with van der Waals surface area (Å²) in [5.41, 5.74) is 1.42. The van der Waals surface area contributed by atoms with Gasteiger partial charge in [-0.2, -0.15) is 5.26 Å². The molecule has 1 aliphatic rings. The van der Waals surface area contributed by atoms with Gasteiger partial charge in [-0.1, -0.05) is 19.7 Å². The van der Waals surface area contributed by atoms with E-state index >= 15 is 0 Å². The molecule has 122 valence electrons. The molecule has 1 aliphatic heterocycles. The van der Waals surface area contributed by atoms with Crippen LogP contribution in [0.2, 0.25) is 0 Å². The number of methoxy groups -OCH3 is 1. The molecule has 6 heteroatoms. The Labute approximate surface area is 131 Å². The van der Waals surface area contributed by atoms with E-state index in [-0.39, 0.29) is 18.0 Å². The van der Waals surface area contributed by atoms with Gasteiger partial charge >= 0.3 is 11.9 Å². The lowest BCUT2D eigenvalue weighted by Crippen LogP contribution is -2.09. The fraction of sp³-hybridized carbons (Fsp3) is 0.438. The highest BCUT2D eigenvalue weighted by Gasteiger charge is 2.24. The van der Waals surface area contributed by atoms with Gasteiger partial charge in [0.2, 0.25) is 0 Å². The maximum atomic E-state index is 10.7. The average molecular weight is 309 g/mol.